The van der Waals surface area contributed by atoms with Crippen LogP contribution >= 0.6 is 11.8 Å². The molecule has 0 spiro atoms. The molecule has 1 heterocycles. The summed E-state index contributed by atoms with van der Waals surface area (Å²) >= 11 is 1.38. The first-order valence-corrected chi connectivity index (χ1v) is 8.43. The Kier molecular flexibility index (Phi) is 4.96. The van der Waals surface area contributed by atoms with Crippen molar-refractivity contribution in [2.45, 2.75) is 5.16 Å². The summed E-state index contributed by atoms with van der Waals surface area (Å²) in [5, 5.41) is 9.14. The highest BCUT2D eigenvalue weighted by atomic mass is 32.2. The van der Waals surface area contributed by atoms with Gasteiger partial charge in [-0.3, -0.25) is 4.79 Å². The summed E-state index contributed by atoms with van der Waals surface area (Å²) in [7, 11) is 3.51. The molecule has 3 rings (SSSR count). The monoisotopic (exact) mass is 339 g/mol. The van der Waals surface area contributed by atoms with E-state index in [9.17, 15) is 4.79 Å². The smallest absolute Gasteiger partial charge is 0.191 e. The van der Waals surface area contributed by atoms with Crippen LogP contribution < -0.4 is 4.74 Å². The first kappa shape index (κ1) is 16.3. The molecule has 0 unspecified atom stereocenters. The first-order valence-electron chi connectivity index (χ1n) is 7.44. The van der Waals surface area contributed by atoms with Crippen LogP contribution in [0.5, 0.6) is 5.75 Å². The summed E-state index contributed by atoms with van der Waals surface area (Å²) in [6.45, 7) is 0. The number of carbonyl (C=O) groups excluding carboxylic acids is 1. The zero-order valence-electron chi connectivity index (χ0n) is 13.5. The lowest BCUT2D eigenvalue weighted by Crippen LogP contribution is -2.03. The van der Waals surface area contributed by atoms with Crippen LogP contribution in [-0.4, -0.2) is 33.4 Å². The number of benzene rings is 2. The van der Waals surface area contributed by atoms with Gasteiger partial charge < -0.3 is 9.30 Å². The highest BCUT2D eigenvalue weighted by Gasteiger charge is 2.16. The average Bonchev–Trinajstić information content (AvgIpc) is 3.00. The zero-order valence-corrected chi connectivity index (χ0v) is 14.3. The minimum Gasteiger partial charge on any atom is -0.496 e. The highest BCUT2D eigenvalue weighted by Crippen LogP contribution is 2.30. The van der Waals surface area contributed by atoms with E-state index in [0.717, 1.165) is 11.3 Å². The van der Waals surface area contributed by atoms with E-state index in [4.69, 9.17) is 4.74 Å². The Labute approximate surface area is 144 Å². The van der Waals surface area contributed by atoms with Gasteiger partial charge in [-0.1, -0.05) is 54.2 Å². The summed E-state index contributed by atoms with van der Waals surface area (Å²) < 4.78 is 7.25. The summed E-state index contributed by atoms with van der Waals surface area (Å²) in [5.74, 6) is 1.84. The minimum atomic E-state index is 0.0717. The molecule has 0 saturated heterocycles. The largest absolute Gasteiger partial charge is 0.496 e. The van der Waals surface area contributed by atoms with Gasteiger partial charge in [0.1, 0.15) is 5.75 Å². The number of rotatable bonds is 6. The molecule has 0 amide bonds. The Morgan fingerprint density at radius 2 is 1.79 bits per heavy atom. The van der Waals surface area contributed by atoms with E-state index >= 15 is 0 Å². The molecule has 1 aromatic heterocycles. The number of carbonyl (C=O) groups is 1. The van der Waals surface area contributed by atoms with E-state index < -0.39 is 0 Å². The average molecular weight is 339 g/mol. The molecule has 24 heavy (non-hydrogen) atoms. The molecule has 6 heteroatoms. The number of Topliss-reactive ketones (excluding diaryl/α,β-unsaturated/α-hetero) is 1. The molecular weight excluding hydrogens is 322 g/mol. The molecule has 0 radical (unpaired) electrons. The van der Waals surface area contributed by atoms with Gasteiger partial charge >= 0.3 is 0 Å². The van der Waals surface area contributed by atoms with Gasteiger partial charge in [-0.2, -0.15) is 0 Å². The molecule has 5 nitrogen and oxygen atoms in total. The van der Waals surface area contributed by atoms with Crippen molar-refractivity contribution in [3.63, 3.8) is 0 Å². The topological polar surface area (TPSA) is 57.0 Å². The maximum atomic E-state index is 12.2. The van der Waals surface area contributed by atoms with E-state index in [1.807, 2.05) is 66.2 Å². The van der Waals surface area contributed by atoms with Crippen molar-refractivity contribution in [1.29, 1.82) is 0 Å². The number of methoxy groups -OCH3 is 1. The van der Waals surface area contributed by atoms with Crippen LogP contribution in [0.1, 0.15) is 10.4 Å². The summed E-state index contributed by atoms with van der Waals surface area (Å²) in [6, 6.07) is 16.9. The maximum Gasteiger partial charge on any atom is 0.191 e. The van der Waals surface area contributed by atoms with Crippen molar-refractivity contribution in [3.8, 4) is 17.1 Å². The van der Waals surface area contributed by atoms with E-state index in [-0.39, 0.29) is 5.78 Å². The Morgan fingerprint density at radius 1 is 1.08 bits per heavy atom. The fourth-order valence-corrected chi connectivity index (χ4v) is 3.15. The molecule has 122 valence electrons. The summed E-state index contributed by atoms with van der Waals surface area (Å²) in [4.78, 5) is 12.2. The third kappa shape index (κ3) is 3.33. The number of thioether (sulfide) groups is 1. The molecule has 0 aliphatic rings. The molecule has 0 atom stereocenters. The lowest BCUT2D eigenvalue weighted by molar-refractivity contribution is 0.102. The van der Waals surface area contributed by atoms with Gasteiger partial charge in [-0.05, 0) is 12.1 Å². The molecule has 0 aliphatic carbocycles. The van der Waals surface area contributed by atoms with E-state index in [2.05, 4.69) is 10.2 Å². The van der Waals surface area contributed by atoms with Crippen molar-refractivity contribution in [1.82, 2.24) is 14.8 Å². The Hall–Kier alpha value is -2.60. The van der Waals surface area contributed by atoms with Gasteiger partial charge in [-0.15, -0.1) is 10.2 Å². The molecule has 2 aromatic carbocycles. The number of aromatic nitrogens is 3. The first-order chi connectivity index (χ1) is 11.7. The van der Waals surface area contributed by atoms with Crippen LogP contribution in [0.3, 0.4) is 0 Å². The van der Waals surface area contributed by atoms with Crippen molar-refractivity contribution in [2.75, 3.05) is 12.9 Å². The fourth-order valence-electron chi connectivity index (χ4n) is 2.34. The number of ketones is 1. The molecular formula is C18H17N3O2S. The van der Waals surface area contributed by atoms with E-state index in [1.165, 1.54) is 11.8 Å². The quantitative estimate of drug-likeness (QED) is 0.508. The maximum absolute atomic E-state index is 12.2. The van der Waals surface area contributed by atoms with Crippen molar-refractivity contribution >= 4 is 17.5 Å². The molecule has 0 aliphatic heterocycles. The van der Waals surface area contributed by atoms with Gasteiger partial charge in [0.15, 0.2) is 16.8 Å². The van der Waals surface area contributed by atoms with Gasteiger partial charge in [0.2, 0.25) is 0 Å². The lowest BCUT2D eigenvalue weighted by Gasteiger charge is -2.08. The lowest BCUT2D eigenvalue weighted by atomic mass is 10.2. The van der Waals surface area contributed by atoms with Crippen molar-refractivity contribution < 1.29 is 9.53 Å². The zero-order chi connectivity index (χ0) is 16.9. The number of hydrogen-bond acceptors (Lipinski definition) is 5. The van der Waals surface area contributed by atoms with Crippen LogP contribution in [0.15, 0.2) is 59.8 Å². The second-order valence-electron chi connectivity index (χ2n) is 5.14. The van der Waals surface area contributed by atoms with Crippen molar-refractivity contribution in [2.24, 2.45) is 7.05 Å². The third-order valence-electron chi connectivity index (χ3n) is 3.61. The Balaban J connectivity index is 1.77. The molecule has 0 saturated carbocycles. The van der Waals surface area contributed by atoms with Crippen molar-refractivity contribution in [3.05, 3.63) is 60.2 Å². The standard InChI is InChI=1S/C18H17N3O2S/c1-21-17(14-10-6-7-11-16(14)23-2)19-20-18(21)24-12-15(22)13-8-4-3-5-9-13/h3-11H,12H2,1-2H3. The van der Waals surface area contributed by atoms with E-state index in [1.54, 1.807) is 7.11 Å². The minimum absolute atomic E-state index is 0.0717. The second-order valence-corrected chi connectivity index (χ2v) is 6.09. The van der Waals surface area contributed by atoms with Crippen LogP contribution in [0.25, 0.3) is 11.4 Å². The van der Waals surface area contributed by atoms with Gasteiger partial charge in [0.25, 0.3) is 0 Å². The normalized spacial score (nSPS) is 10.6. The number of hydrogen-bond donors (Lipinski definition) is 0. The highest BCUT2D eigenvalue weighted by molar-refractivity contribution is 7.99. The Morgan fingerprint density at radius 3 is 2.54 bits per heavy atom. The van der Waals surface area contributed by atoms with Gasteiger partial charge in [0, 0.05) is 12.6 Å². The molecule has 0 bridgehead atoms. The van der Waals surface area contributed by atoms with Gasteiger partial charge in [0.05, 0.1) is 18.4 Å². The third-order valence-corrected chi connectivity index (χ3v) is 4.63. The molecule has 0 N–H and O–H groups in total. The predicted octanol–water partition coefficient (Wildman–Crippen LogP) is 3.47. The SMILES string of the molecule is COc1ccccc1-c1nnc(SCC(=O)c2ccccc2)n1C. The van der Waals surface area contributed by atoms with Crippen LogP contribution in [0.2, 0.25) is 0 Å². The predicted molar refractivity (Wildman–Crippen MR) is 94.5 cm³/mol. The van der Waals surface area contributed by atoms with Gasteiger partial charge in [-0.25, -0.2) is 0 Å². The summed E-state index contributed by atoms with van der Waals surface area (Å²) in [6.07, 6.45) is 0. The van der Waals surface area contributed by atoms with Crippen LogP contribution in [-0.2, 0) is 7.05 Å². The number of nitrogens with zero attached hydrogens (tertiary/aromatic N) is 3. The number of ether oxygens (including phenoxy) is 1. The molecule has 0 fully saturated rings. The number of para-hydroxylation sites is 1. The fraction of sp³-hybridized carbons (Fsp3) is 0.167. The van der Waals surface area contributed by atoms with E-state index in [0.29, 0.717) is 22.3 Å². The van der Waals surface area contributed by atoms with Crippen LogP contribution in [0.4, 0.5) is 0 Å². The summed E-state index contributed by atoms with van der Waals surface area (Å²) in [5.41, 5.74) is 1.58. The molecule has 3 aromatic rings. The second kappa shape index (κ2) is 7.31. The van der Waals surface area contributed by atoms with Crippen LogP contribution in [0, 0.1) is 0 Å². The Bertz CT molecular complexity index is 846.